The van der Waals surface area contributed by atoms with E-state index in [-0.39, 0.29) is 5.69 Å². The van der Waals surface area contributed by atoms with Gasteiger partial charge in [-0.15, -0.1) is 0 Å². The molecule has 0 bridgehead atoms. The van der Waals surface area contributed by atoms with Crippen LogP contribution < -0.4 is 0 Å². The Hall–Kier alpha value is -1.42. The normalized spacial score (nSPS) is 25.0. The Balaban J connectivity index is 2.01. The van der Waals surface area contributed by atoms with E-state index < -0.39 is 5.97 Å². The van der Waals surface area contributed by atoms with Crippen LogP contribution in [0.3, 0.4) is 0 Å². The predicted molar refractivity (Wildman–Crippen MR) is 69.4 cm³/mol. The van der Waals surface area contributed by atoms with Gasteiger partial charge in [0, 0.05) is 13.1 Å². The highest BCUT2D eigenvalue weighted by molar-refractivity contribution is 5.85. The van der Waals surface area contributed by atoms with E-state index in [0.29, 0.717) is 5.92 Å². The van der Waals surface area contributed by atoms with Crippen molar-refractivity contribution in [2.24, 2.45) is 11.8 Å². The number of hydrogen-bond acceptors (Lipinski definition) is 3. The zero-order valence-electron chi connectivity index (χ0n) is 11.0. The fourth-order valence-corrected chi connectivity index (χ4v) is 2.41. The van der Waals surface area contributed by atoms with Crippen LogP contribution in [0.25, 0.3) is 0 Å². The van der Waals surface area contributed by atoms with Crippen LogP contribution in [0.4, 0.5) is 0 Å². The summed E-state index contributed by atoms with van der Waals surface area (Å²) in [6, 6.07) is 5.20. The molecule has 1 saturated heterocycles. The van der Waals surface area contributed by atoms with Crippen molar-refractivity contribution in [2.45, 2.75) is 26.8 Å². The summed E-state index contributed by atoms with van der Waals surface area (Å²) in [5.41, 5.74) is 0.975. The molecule has 2 heterocycles. The van der Waals surface area contributed by atoms with Gasteiger partial charge in [0.1, 0.15) is 5.69 Å². The minimum absolute atomic E-state index is 0.130. The number of rotatable bonds is 3. The molecule has 1 aliphatic heterocycles. The summed E-state index contributed by atoms with van der Waals surface area (Å²) in [7, 11) is 0. The van der Waals surface area contributed by atoms with Gasteiger partial charge in [-0.3, -0.25) is 4.90 Å². The van der Waals surface area contributed by atoms with Gasteiger partial charge in [0.25, 0.3) is 0 Å². The molecule has 1 fully saturated rings. The van der Waals surface area contributed by atoms with E-state index in [1.807, 2.05) is 6.07 Å². The first kappa shape index (κ1) is 13.0. The fraction of sp³-hybridized carbons (Fsp3) is 0.571. The van der Waals surface area contributed by atoms with E-state index in [4.69, 9.17) is 5.11 Å². The third-order valence-corrected chi connectivity index (χ3v) is 3.83. The number of carboxylic acids is 1. The third kappa shape index (κ3) is 3.07. The van der Waals surface area contributed by atoms with E-state index in [1.54, 1.807) is 6.07 Å². The van der Waals surface area contributed by atoms with Gasteiger partial charge in [-0.2, -0.15) is 0 Å². The number of piperidine rings is 1. The van der Waals surface area contributed by atoms with Crippen molar-refractivity contribution in [3.63, 3.8) is 0 Å². The van der Waals surface area contributed by atoms with E-state index in [9.17, 15) is 4.79 Å². The molecule has 4 heteroatoms. The molecule has 4 nitrogen and oxygen atoms in total. The predicted octanol–water partition coefficient (Wildman–Crippen LogP) is 2.26. The summed E-state index contributed by atoms with van der Waals surface area (Å²) in [5.74, 6) is 0.512. The number of pyridine rings is 1. The molecule has 0 radical (unpaired) electrons. The Morgan fingerprint density at radius 2 is 2.22 bits per heavy atom. The number of aromatic nitrogens is 1. The van der Waals surface area contributed by atoms with Crippen LogP contribution in [0.2, 0.25) is 0 Å². The Morgan fingerprint density at radius 1 is 1.44 bits per heavy atom. The molecular weight excluding hydrogens is 228 g/mol. The van der Waals surface area contributed by atoms with E-state index in [2.05, 4.69) is 23.7 Å². The van der Waals surface area contributed by atoms with Gasteiger partial charge in [-0.25, -0.2) is 9.78 Å². The molecular formula is C14H20N2O2. The molecule has 1 N–H and O–H groups in total. The number of aromatic carboxylic acids is 1. The summed E-state index contributed by atoms with van der Waals surface area (Å²) >= 11 is 0. The lowest BCUT2D eigenvalue weighted by molar-refractivity contribution is 0.0689. The van der Waals surface area contributed by atoms with Crippen LogP contribution in [0.5, 0.6) is 0 Å². The zero-order valence-corrected chi connectivity index (χ0v) is 11.0. The van der Waals surface area contributed by atoms with Crippen molar-refractivity contribution in [2.75, 3.05) is 13.1 Å². The Morgan fingerprint density at radius 3 is 2.89 bits per heavy atom. The maximum atomic E-state index is 10.9. The van der Waals surface area contributed by atoms with Crippen molar-refractivity contribution in [1.29, 1.82) is 0 Å². The van der Waals surface area contributed by atoms with Gasteiger partial charge in [0.15, 0.2) is 0 Å². The van der Waals surface area contributed by atoms with Crippen molar-refractivity contribution in [1.82, 2.24) is 9.88 Å². The number of nitrogens with zero attached hydrogens (tertiary/aromatic N) is 2. The first-order chi connectivity index (χ1) is 8.56. The van der Waals surface area contributed by atoms with Crippen LogP contribution in [-0.2, 0) is 6.54 Å². The first-order valence-electron chi connectivity index (χ1n) is 6.48. The summed E-state index contributed by atoms with van der Waals surface area (Å²) in [4.78, 5) is 17.4. The van der Waals surface area contributed by atoms with Gasteiger partial charge in [0.05, 0.1) is 5.69 Å². The highest BCUT2D eigenvalue weighted by Gasteiger charge is 2.22. The lowest BCUT2D eigenvalue weighted by Crippen LogP contribution is -2.38. The van der Waals surface area contributed by atoms with E-state index in [0.717, 1.165) is 31.2 Å². The maximum Gasteiger partial charge on any atom is 0.354 e. The second-order valence-corrected chi connectivity index (χ2v) is 5.30. The lowest BCUT2D eigenvalue weighted by atomic mass is 9.88. The Labute approximate surface area is 108 Å². The fourth-order valence-electron chi connectivity index (χ4n) is 2.41. The molecule has 1 aromatic heterocycles. The summed E-state index contributed by atoms with van der Waals surface area (Å²) in [5, 5.41) is 8.92. The molecule has 0 aliphatic carbocycles. The number of hydrogen-bond donors (Lipinski definition) is 1. The van der Waals surface area contributed by atoms with Crippen LogP contribution in [0.1, 0.15) is 36.5 Å². The Bertz CT molecular complexity index is 434. The topological polar surface area (TPSA) is 53.4 Å². The maximum absolute atomic E-state index is 10.9. The van der Waals surface area contributed by atoms with E-state index >= 15 is 0 Å². The number of likely N-dealkylation sites (tertiary alicyclic amines) is 1. The van der Waals surface area contributed by atoms with Gasteiger partial charge in [-0.1, -0.05) is 19.9 Å². The standard InChI is InChI=1S/C14H20N2O2/c1-10-6-7-16(8-11(10)2)9-12-4-3-5-13(15-12)14(17)18/h3-5,10-11H,6-9H2,1-2H3,(H,17,18). The molecule has 18 heavy (non-hydrogen) atoms. The molecule has 0 spiro atoms. The average Bonchev–Trinajstić information content (AvgIpc) is 2.34. The average molecular weight is 248 g/mol. The minimum Gasteiger partial charge on any atom is -0.477 e. The lowest BCUT2D eigenvalue weighted by Gasteiger charge is -2.35. The highest BCUT2D eigenvalue weighted by Crippen LogP contribution is 2.23. The van der Waals surface area contributed by atoms with Gasteiger partial charge in [-0.05, 0) is 36.9 Å². The third-order valence-electron chi connectivity index (χ3n) is 3.83. The molecule has 2 unspecified atom stereocenters. The smallest absolute Gasteiger partial charge is 0.354 e. The molecule has 2 atom stereocenters. The summed E-state index contributed by atoms with van der Waals surface area (Å²) < 4.78 is 0. The molecule has 0 saturated carbocycles. The van der Waals surface area contributed by atoms with Crippen LogP contribution in [0.15, 0.2) is 18.2 Å². The van der Waals surface area contributed by atoms with Crippen molar-refractivity contribution in [3.05, 3.63) is 29.6 Å². The monoisotopic (exact) mass is 248 g/mol. The summed E-state index contributed by atoms with van der Waals surface area (Å²) in [6.07, 6.45) is 1.21. The van der Waals surface area contributed by atoms with Gasteiger partial charge in [0.2, 0.25) is 0 Å². The highest BCUT2D eigenvalue weighted by atomic mass is 16.4. The largest absolute Gasteiger partial charge is 0.477 e. The van der Waals surface area contributed by atoms with Crippen molar-refractivity contribution >= 4 is 5.97 Å². The molecule has 0 aromatic carbocycles. The molecule has 1 aliphatic rings. The SMILES string of the molecule is CC1CCN(Cc2cccc(C(=O)O)n2)CC1C. The van der Waals surface area contributed by atoms with Crippen LogP contribution >= 0.6 is 0 Å². The molecule has 2 rings (SSSR count). The second kappa shape index (κ2) is 5.48. The quantitative estimate of drug-likeness (QED) is 0.891. The molecule has 0 amide bonds. The first-order valence-corrected chi connectivity index (χ1v) is 6.48. The number of carbonyl (C=O) groups is 1. The minimum atomic E-state index is -0.961. The molecule has 1 aromatic rings. The van der Waals surface area contributed by atoms with E-state index in [1.165, 1.54) is 12.5 Å². The summed E-state index contributed by atoms with van der Waals surface area (Å²) in [6.45, 7) is 7.46. The van der Waals surface area contributed by atoms with Crippen molar-refractivity contribution < 1.29 is 9.90 Å². The zero-order chi connectivity index (χ0) is 13.1. The number of carboxylic acid groups (broad SMARTS) is 1. The van der Waals surface area contributed by atoms with Gasteiger partial charge >= 0.3 is 5.97 Å². The van der Waals surface area contributed by atoms with Crippen LogP contribution in [-0.4, -0.2) is 34.0 Å². The Kier molecular flexibility index (Phi) is 3.97. The van der Waals surface area contributed by atoms with Gasteiger partial charge < -0.3 is 5.11 Å². The molecule has 98 valence electrons. The van der Waals surface area contributed by atoms with Crippen molar-refractivity contribution in [3.8, 4) is 0 Å². The second-order valence-electron chi connectivity index (χ2n) is 5.30. The van der Waals surface area contributed by atoms with Crippen LogP contribution in [0, 0.1) is 11.8 Å².